The molecule has 0 fully saturated rings. The molecule has 1 aliphatic rings. The van der Waals surface area contributed by atoms with Gasteiger partial charge in [0.15, 0.2) is 5.54 Å². The van der Waals surface area contributed by atoms with Gasteiger partial charge in [0.1, 0.15) is 0 Å². The molecule has 1 aromatic rings. The van der Waals surface area contributed by atoms with Gasteiger partial charge in [0, 0.05) is 12.2 Å². The highest BCUT2D eigenvalue weighted by molar-refractivity contribution is 6.16. The molecule has 0 bridgehead atoms. The van der Waals surface area contributed by atoms with Crippen LogP contribution in [0.1, 0.15) is 18.9 Å². The molecule has 0 saturated heterocycles. The highest BCUT2D eigenvalue weighted by Crippen LogP contribution is 2.34. The Hall–Kier alpha value is -2.43. The third-order valence-corrected chi connectivity index (χ3v) is 3.36. The molecule has 1 atom stereocenters. The summed E-state index contributed by atoms with van der Waals surface area (Å²) in [6, 6.07) is 8.64. The fraction of sp³-hybridized carbons (Fsp3) is 0.214. The Labute approximate surface area is 110 Å². The Morgan fingerprint density at radius 2 is 1.68 bits per heavy atom. The molecular weight excluding hydrogens is 244 g/mol. The first kappa shape index (κ1) is 13.0. The lowest BCUT2D eigenvalue weighted by atomic mass is 9.84. The van der Waals surface area contributed by atoms with E-state index in [1.165, 1.54) is 0 Å². The molecule has 1 heterocycles. The summed E-state index contributed by atoms with van der Waals surface area (Å²) < 4.78 is 0. The molecule has 1 unspecified atom stereocenters. The Bertz CT molecular complexity index is 547. The highest BCUT2D eigenvalue weighted by atomic mass is 16.2. The minimum atomic E-state index is -1.43. The minimum Gasteiger partial charge on any atom is -0.367 e. The van der Waals surface area contributed by atoms with Crippen LogP contribution in [0.3, 0.4) is 0 Å². The van der Waals surface area contributed by atoms with Crippen molar-refractivity contribution in [2.24, 2.45) is 5.73 Å². The molecule has 2 rings (SSSR count). The van der Waals surface area contributed by atoms with Crippen LogP contribution in [0.15, 0.2) is 42.5 Å². The van der Waals surface area contributed by atoms with Crippen LogP contribution in [0.2, 0.25) is 0 Å². The number of hydrogen-bond donors (Lipinski definition) is 1. The van der Waals surface area contributed by atoms with Crippen LogP contribution in [-0.2, 0) is 19.9 Å². The molecule has 0 aliphatic carbocycles. The van der Waals surface area contributed by atoms with Gasteiger partial charge in [0.2, 0.25) is 5.91 Å². The first-order chi connectivity index (χ1) is 9.04. The predicted octanol–water partition coefficient (Wildman–Crippen LogP) is 0.702. The lowest BCUT2D eigenvalue weighted by Gasteiger charge is -2.37. The zero-order chi connectivity index (χ0) is 14.0. The van der Waals surface area contributed by atoms with Gasteiger partial charge in [-0.25, -0.2) is 0 Å². The molecule has 1 aromatic carbocycles. The second-order valence-electron chi connectivity index (χ2n) is 4.29. The average Bonchev–Trinajstić information content (AvgIpc) is 2.74. The maximum absolute atomic E-state index is 12.0. The molecule has 5 heteroatoms. The van der Waals surface area contributed by atoms with Crippen molar-refractivity contribution in [1.29, 1.82) is 0 Å². The van der Waals surface area contributed by atoms with Crippen molar-refractivity contribution in [3.63, 3.8) is 0 Å². The number of benzene rings is 1. The topological polar surface area (TPSA) is 80.5 Å². The van der Waals surface area contributed by atoms with Crippen LogP contribution >= 0.6 is 0 Å². The summed E-state index contributed by atoms with van der Waals surface area (Å²) in [4.78, 5) is 36.7. The Morgan fingerprint density at radius 3 is 2.11 bits per heavy atom. The van der Waals surface area contributed by atoms with E-state index in [1.807, 2.05) is 0 Å². The van der Waals surface area contributed by atoms with E-state index in [0.717, 1.165) is 17.1 Å². The van der Waals surface area contributed by atoms with E-state index in [4.69, 9.17) is 5.73 Å². The quantitative estimate of drug-likeness (QED) is 0.807. The van der Waals surface area contributed by atoms with Crippen molar-refractivity contribution in [3.05, 3.63) is 48.0 Å². The van der Waals surface area contributed by atoms with Gasteiger partial charge in [-0.3, -0.25) is 19.3 Å². The number of amides is 3. The summed E-state index contributed by atoms with van der Waals surface area (Å²) in [6.07, 6.45) is 2.53. The number of imide groups is 1. The number of carbonyl (C=O) groups excluding carboxylic acids is 3. The van der Waals surface area contributed by atoms with E-state index in [9.17, 15) is 14.4 Å². The molecule has 0 aromatic heterocycles. The highest BCUT2D eigenvalue weighted by Gasteiger charge is 2.49. The van der Waals surface area contributed by atoms with Crippen LogP contribution in [0.5, 0.6) is 0 Å². The summed E-state index contributed by atoms with van der Waals surface area (Å²) >= 11 is 0. The second-order valence-corrected chi connectivity index (χ2v) is 4.29. The van der Waals surface area contributed by atoms with E-state index >= 15 is 0 Å². The summed E-state index contributed by atoms with van der Waals surface area (Å²) in [5.41, 5.74) is 4.61. The number of nitrogens with two attached hydrogens (primary N) is 1. The Kier molecular flexibility index (Phi) is 3.21. The standard InChI is InChI=1S/C14H14N2O3/c1-2-14(13(15)19,10-6-4-3-5-7-10)16-11(17)8-9-12(16)18/h3-9H,2H2,1H3,(H2,15,19). The van der Waals surface area contributed by atoms with E-state index in [-0.39, 0.29) is 6.42 Å². The van der Waals surface area contributed by atoms with Crippen molar-refractivity contribution in [2.45, 2.75) is 18.9 Å². The van der Waals surface area contributed by atoms with Crippen LogP contribution in [-0.4, -0.2) is 22.6 Å². The number of hydrogen-bond acceptors (Lipinski definition) is 3. The summed E-state index contributed by atoms with van der Waals surface area (Å²) in [5, 5.41) is 0. The first-order valence-electron chi connectivity index (χ1n) is 5.95. The molecule has 3 amide bonds. The van der Waals surface area contributed by atoms with Crippen molar-refractivity contribution in [2.75, 3.05) is 0 Å². The predicted molar refractivity (Wildman–Crippen MR) is 68.6 cm³/mol. The van der Waals surface area contributed by atoms with Crippen LogP contribution in [0.25, 0.3) is 0 Å². The largest absolute Gasteiger partial charge is 0.367 e. The molecule has 19 heavy (non-hydrogen) atoms. The third-order valence-electron chi connectivity index (χ3n) is 3.36. The average molecular weight is 258 g/mol. The Morgan fingerprint density at radius 1 is 1.16 bits per heavy atom. The lowest BCUT2D eigenvalue weighted by molar-refractivity contribution is -0.152. The smallest absolute Gasteiger partial charge is 0.254 e. The zero-order valence-electron chi connectivity index (χ0n) is 10.5. The van der Waals surface area contributed by atoms with Gasteiger partial charge in [0.25, 0.3) is 11.8 Å². The minimum absolute atomic E-state index is 0.228. The second kappa shape index (κ2) is 4.68. The van der Waals surface area contributed by atoms with E-state index in [2.05, 4.69) is 0 Å². The van der Waals surface area contributed by atoms with E-state index in [0.29, 0.717) is 5.56 Å². The summed E-state index contributed by atoms with van der Waals surface area (Å²) in [5.74, 6) is -1.75. The van der Waals surface area contributed by atoms with Gasteiger partial charge in [-0.15, -0.1) is 0 Å². The SMILES string of the molecule is CCC(C(N)=O)(c1ccccc1)N1C(=O)C=CC1=O. The molecule has 98 valence electrons. The van der Waals surface area contributed by atoms with E-state index < -0.39 is 23.3 Å². The number of rotatable bonds is 4. The monoisotopic (exact) mass is 258 g/mol. The normalized spacial score (nSPS) is 17.6. The fourth-order valence-electron chi connectivity index (χ4n) is 2.41. The fourth-order valence-corrected chi connectivity index (χ4v) is 2.41. The third kappa shape index (κ3) is 1.83. The van der Waals surface area contributed by atoms with Gasteiger partial charge >= 0.3 is 0 Å². The van der Waals surface area contributed by atoms with Crippen molar-refractivity contribution >= 4 is 17.7 Å². The van der Waals surface area contributed by atoms with Crippen molar-refractivity contribution in [3.8, 4) is 0 Å². The van der Waals surface area contributed by atoms with Gasteiger partial charge in [-0.05, 0) is 12.0 Å². The maximum Gasteiger partial charge on any atom is 0.254 e. The maximum atomic E-state index is 12.0. The van der Waals surface area contributed by atoms with Crippen molar-refractivity contribution < 1.29 is 14.4 Å². The summed E-state index contributed by atoms with van der Waals surface area (Å²) in [7, 11) is 0. The van der Waals surface area contributed by atoms with Gasteiger partial charge < -0.3 is 5.73 Å². The lowest BCUT2D eigenvalue weighted by Crippen LogP contribution is -2.57. The van der Waals surface area contributed by atoms with Crippen molar-refractivity contribution in [1.82, 2.24) is 4.90 Å². The number of carbonyl (C=O) groups is 3. The van der Waals surface area contributed by atoms with E-state index in [1.54, 1.807) is 37.3 Å². The zero-order valence-corrected chi connectivity index (χ0v) is 10.5. The first-order valence-corrected chi connectivity index (χ1v) is 5.95. The molecule has 1 aliphatic heterocycles. The molecule has 0 spiro atoms. The van der Waals surface area contributed by atoms with Gasteiger partial charge in [0.05, 0.1) is 0 Å². The molecule has 5 nitrogen and oxygen atoms in total. The Balaban J connectivity index is 2.62. The molecule has 2 N–H and O–H groups in total. The molecule has 0 saturated carbocycles. The van der Waals surface area contributed by atoms with Gasteiger partial charge in [-0.2, -0.15) is 0 Å². The van der Waals surface area contributed by atoms with Crippen LogP contribution < -0.4 is 5.73 Å². The van der Waals surface area contributed by atoms with Crippen LogP contribution in [0, 0.1) is 0 Å². The number of primary amides is 1. The summed E-state index contributed by atoms with van der Waals surface area (Å²) in [6.45, 7) is 1.72. The molecule has 0 radical (unpaired) electrons. The van der Waals surface area contributed by atoms with Crippen LogP contribution in [0.4, 0.5) is 0 Å². The molecular formula is C14H14N2O3. The number of nitrogens with zero attached hydrogens (tertiary/aromatic N) is 1. The van der Waals surface area contributed by atoms with Gasteiger partial charge in [-0.1, -0.05) is 37.3 Å².